The smallest absolute Gasteiger partial charge is 0.341 e. The number of esters is 1. The lowest BCUT2D eigenvalue weighted by atomic mass is 10.2. The van der Waals surface area contributed by atoms with Crippen molar-refractivity contribution in [2.24, 2.45) is 0 Å². The molecule has 6 heteroatoms. The fraction of sp³-hybridized carbons (Fsp3) is 0.364. The van der Waals surface area contributed by atoms with Gasteiger partial charge in [-0.3, -0.25) is 10.1 Å². The number of nitrogens with zero attached hydrogens (tertiary/aromatic N) is 1. The van der Waals surface area contributed by atoms with Crippen molar-refractivity contribution in [2.75, 3.05) is 7.11 Å². The molecule has 1 aliphatic carbocycles. The molecule has 0 atom stereocenters. The van der Waals surface area contributed by atoms with Gasteiger partial charge in [-0.25, -0.2) is 4.79 Å². The van der Waals surface area contributed by atoms with Crippen LogP contribution in [0.5, 0.6) is 5.75 Å². The molecule has 0 amide bonds. The van der Waals surface area contributed by atoms with Gasteiger partial charge >= 0.3 is 5.97 Å². The van der Waals surface area contributed by atoms with Crippen molar-refractivity contribution in [3.63, 3.8) is 0 Å². The molecule has 2 rings (SSSR count). The van der Waals surface area contributed by atoms with Crippen LogP contribution in [-0.2, 0) is 4.74 Å². The molecule has 0 unspecified atom stereocenters. The van der Waals surface area contributed by atoms with Gasteiger partial charge in [0.05, 0.1) is 18.1 Å². The molecule has 0 radical (unpaired) electrons. The molecule has 0 spiro atoms. The lowest BCUT2D eigenvalue weighted by Gasteiger charge is -2.08. The SMILES string of the molecule is COC(=O)c1cc([N+](=O)[O-])ccc1OC1CC1. The Hall–Kier alpha value is -2.11. The lowest BCUT2D eigenvalue weighted by molar-refractivity contribution is -0.384. The minimum Gasteiger partial charge on any atom is -0.490 e. The van der Waals surface area contributed by atoms with E-state index in [1.54, 1.807) is 0 Å². The molecule has 90 valence electrons. The highest BCUT2D eigenvalue weighted by Crippen LogP contribution is 2.31. The Labute approximate surface area is 97.3 Å². The summed E-state index contributed by atoms with van der Waals surface area (Å²) < 4.78 is 10.1. The Morgan fingerprint density at radius 3 is 2.71 bits per heavy atom. The number of rotatable bonds is 4. The topological polar surface area (TPSA) is 78.7 Å². The monoisotopic (exact) mass is 237 g/mol. The third kappa shape index (κ3) is 2.52. The van der Waals surface area contributed by atoms with E-state index in [1.807, 2.05) is 0 Å². The van der Waals surface area contributed by atoms with Crippen LogP contribution in [-0.4, -0.2) is 24.1 Å². The highest BCUT2D eigenvalue weighted by atomic mass is 16.6. The summed E-state index contributed by atoms with van der Waals surface area (Å²) in [6.45, 7) is 0. The molecule has 0 bridgehead atoms. The Morgan fingerprint density at radius 1 is 1.47 bits per heavy atom. The summed E-state index contributed by atoms with van der Waals surface area (Å²) in [4.78, 5) is 21.5. The second-order valence-electron chi connectivity index (χ2n) is 3.75. The van der Waals surface area contributed by atoms with Crippen molar-refractivity contribution >= 4 is 11.7 Å². The molecular weight excluding hydrogens is 226 g/mol. The third-order valence-electron chi connectivity index (χ3n) is 2.40. The van der Waals surface area contributed by atoms with Gasteiger partial charge < -0.3 is 9.47 Å². The van der Waals surface area contributed by atoms with Crippen LogP contribution in [0.2, 0.25) is 0 Å². The Kier molecular flexibility index (Phi) is 2.95. The Morgan fingerprint density at radius 2 is 2.18 bits per heavy atom. The van der Waals surface area contributed by atoms with Gasteiger partial charge in [0.15, 0.2) is 0 Å². The first-order chi connectivity index (χ1) is 8.11. The zero-order valence-corrected chi connectivity index (χ0v) is 9.21. The summed E-state index contributed by atoms with van der Waals surface area (Å²) >= 11 is 0. The number of non-ortho nitro benzene ring substituents is 1. The minimum absolute atomic E-state index is 0.0913. The highest BCUT2D eigenvalue weighted by molar-refractivity contribution is 5.93. The number of benzene rings is 1. The highest BCUT2D eigenvalue weighted by Gasteiger charge is 2.27. The summed E-state index contributed by atoms with van der Waals surface area (Å²) in [5.74, 6) is -0.297. The Balaban J connectivity index is 2.35. The number of hydrogen-bond acceptors (Lipinski definition) is 5. The van der Waals surface area contributed by atoms with Crippen LogP contribution in [0.25, 0.3) is 0 Å². The van der Waals surface area contributed by atoms with Crippen molar-refractivity contribution in [3.8, 4) is 5.75 Å². The van der Waals surface area contributed by atoms with Gasteiger partial charge in [-0.05, 0) is 18.9 Å². The first-order valence-corrected chi connectivity index (χ1v) is 5.15. The van der Waals surface area contributed by atoms with E-state index >= 15 is 0 Å². The molecule has 0 heterocycles. The number of ether oxygens (including phenoxy) is 2. The van der Waals surface area contributed by atoms with Gasteiger partial charge in [-0.2, -0.15) is 0 Å². The second kappa shape index (κ2) is 4.40. The average molecular weight is 237 g/mol. The van der Waals surface area contributed by atoms with Crippen LogP contribution in [0.3, 0.4) is 0 Å². The van der Waals surface area contributed by atoms with Crippen molar-refractivity contribution in [3.05, 3.63) is 33.9 Å². The molecule has 1 saturated carbocycles. The fourth-order valence-corrected chi connectivity index (χ4v) is 1.37. The Bertz CT molecular complexity index is 467. The molecule has 0 aromatic heterocycles. The van der Waals surface area contributed by atoms with Crippen LogP contribution in [0.15, 0.2) is 18.2 Å². The number of carbonyl (C=O) groups excluding carboxylic acids is 1. The van der Waals surface area contributed by atoms with Crippen molar-refractivity contribution in [1.29, 1.82) is 0 Å². The zero-order chi connectivity index (χ0) is 12.4. The lowest BCUT2D eigenvalue weighted by Crippen LogP contribution is -2.07. The molecule has 0 saturated heterocycles. The number of nitro groups is 1. The summed E-state index contributed by atoms with van der Waals surface area (Å²) in [6.07, 6.45) is 2.00. The predicted molar refractivity (Wildman–Crippen MR) is 58.1 cm³/mol. The number of hydrogen-bond donors (Lipinski definition) is 0. The van der Waals surface area contributed by atoms with Gasteiger partial charge in [0.25, 0.3) is 5.69 Å². The maximum atomic E-state index is 11.5. The molecule has 1 aliphatic rings. The van der Waals surface area contributed by atoms with Gasteiger partial charge in [0.1, 0.15) is 11.3 Å². The largest absolute Gasteiger partial charge is 0.490 e. The fourth-order valence-electron chi connectivity index (χ4n) is 1.37. The second-order valence-corrected chi connectivity index (χ2v) is 3.75. The van der Waals surface area contributed by atoms with Crippen molar-refractivity contribution in [2.45, 2.75) is 18.9 Å². The number of nitro benzene ring substituents is 1. The maximum absolute atomic E-state index is 11.5. The van der Waals surface area contributed by atoms with E-state index in [0.29, 0.717) is 5.75 Å². The van der Waals surface area contributed by atoms with E-state index in [1.165, 1.54) is 25.3 Å². The van der Waals surface area contributed by atoms with Gasteiger partial charge in [0, 0.05) is 12.1 Å². The van der Waals surface area contributed by atoms with Crippen LogP contribution in [0, 0.1) is 10.1 Å². The molecule has 6 nitrogen and oxygen atoms in total. The number of carbonyl (C=O) groups is 1. The summed E-state index contributed by atoms with van der Waals surface area (Å²) in [6, 6.07) is 3.91. The molecule has 17 heavy (non-hydrogen) atoms. The van der Waals surface area contributed by atoms with Crippen LogP contribution < -0.4 is 4.74 Å². The van der Waals surface area contributed by atoms with E-state index in [0.717, 1.165) is 12.8 Å². The van der Waals surface area contributed by atoms with Crippen molar-refractivity contribution < 1.29 is 19.2 Å². The normalized spacial score (nSPS) is 14.2. The van der Waals surface area contributed by atoms with E-state index in [4.69, 9.17) is 4.74 Å². The molecular formula is C11H11NO5. The van der Waals surface area contributed by atoms with Crippen LogP contribution >= 0.6 is 0 Å². The molecule has 1 fully saturated rings. The first kappa shape index (κ1) is 11.4. The summed E-state index contributed by atoms with van der Waals surface area (Å²) in [5.41, 5.74) is -0.0675. The van der Waals surface area contributed by atoms with E-state index in [2.05, 4.69) is 4.74 Å². The van der Waals surface area contributed by atoms with E-state index in [-0.39, 0.29) is 17.4 Å². The van der Waals surface area contributed by atoms with Gasteiger partial charge in [0.2, 0.25) is 0 Å². The average Bonchev–Trinajstić information content (AvgIpc) is 3.12. The van der Waals surface area contributed by atoms with E-state index < -0.39 is 10.9 Å². The molecule has 1 aromatic carbocycles. The van der Waals surface area contributed by atoms with E-state index in [9.17, 15) is 14.9 Å². The van der Waals surface area contributed by atoms with Crippen molar-refractivity contribution in [1.82, 2.24) is 0 Å². The predicted octanol–water partition coefficient (Wildman–Crippen LogP) is 1.92. The maximum Gasteiger partial charge on any atom is 0.341 e. The minimum atomic E-state index is -0.635. The van der Waals surface area contributed by atoms with Crippen LogP contribution in [0.4, 0.5) is 5.69 Å². The van der Waals surface area contributed by atoms with Gasteiger partial charge in [-0.1, -0.05) is 0 Å². The summed E-state index contributed by atoms with van der Waals surface area (Å²) in [5, 5.41) is 10.6. The first-order valence-electron chi connectivity index (χ1n) is 5.15. The third-order valence-corrected chi connectivity index (χ3v) is 2.40. The summed E-state index contributed by atoms with van der Waals surface area (Å²) in [7, 11) is 1.22. The molecule has 0 aliphatic heterocycles. The standard InChI is InChI=1S/C11H11NO5/c1-16-11(13)9-6-7(12(14)15)2-5-10(9)17-8-3-4-8/h2,5-6,8H,3-4H2,1H3. The molecule has 0 N–H and O–H groups in total. The van der Waals surface area contributed by atoms with Gasteiger partial charge in [-0.15, -0.1) is 0 Å². The number of methoxy groups -OCH3 is 1. The zero-order valence-electron chi connectivity index (χ0n) is 9.21. The quantitative estimate of drug-likeness (QED) is 0.454. The van der Waals surface area contributed by atoms with Crippen LogP contribution in [0.1, 0.15) is 23.2 Å². The molecule has 1 aromatic rings.